The number of nitrogens with zero attached hydrogens (tertiary/aromatic N) is 1. The SMILES string of the molecule is CP(=O)(OP(=O)(O)O)OP(=O)(O)OC[C@H]1O[C@@H](n2cc(C/C=C/NC(=O)CCCCCNC(=O)CCCCCNC(c3ccccc3)(c3ccccc3)c3ccccc3)c(=O)[nH]c2=O)C[C@@H]1O. The summed E-state index contributed by atoms with van der Waals surface area (Å²) in [6.45, 7) is 0.953. The van der Waals surface area contributed by atoms with Crippen molar-refractivity contribution in [2.45, 2.75) is 88.2 Å². The minimum atomic E-state index is -5.35. The van der Waals surface area contributed by atoms with Crippen molar-refractivity contribution in [3.05, 3.63) is 153 Å². The van der Waals surface area contributed by atoms with Gasteiger partial charge in [0.25, 0.3) is 5.56 Å². The number of nitrogens with one attached hydrogen (secondary N) is 4. The molecule has 3 aromatic carbocycles. The van der Waals surface area contributed by atoms with E-state index in [4.69, 9.17) is 14.5 Å². The van der Waals surface area contributed by atoms with Gasteiger partial charge in [-0.1, -0.05) is 110 Å². The molecule has 1 aromatic heterocycles. The number of aromatic nitrogens is 2. The number of aliphatic hydroxyl groups excluding tert-OH is 1. The molecular formula is C44H58N5O15P3. The number of carbonyl (C=O) groups is 2. The van der Waals surface area contributed by atoms with Crippen LogP contribution in [-0.4, -0.2) is 79.7 Å². The van der Waals surface area contributed by atoms with Crippen molar-refractivity contribution < 1.29 is 61.0 Å². The highest BCUT2D eigenvalue weighted by Gasteiger charge is 2.41. The molecule has 1 aliphatic heterocycles. The Morgan fingerprint density at radius 3 is 1.93 bits per heavy atom. The third-order valence-corrected chi connectivity index (χ3v) is 15.2. The highest BCUT2D eigenvalue weighted by atomic mass is 31.3. The van der Waals surface area contributed by atoms with Gasteiger partial charge in [-0.05, 0) is 55.3 Å². The maximum Gasteiger partial charge on any atom is 0.479 e. The number of phosphoric ester groups is 1. The minimum Gasteiger partial charge on any atom is -0.390 e. The number of allylic oxidation sites excluding steroid dienone is 1. The van der Waals surface area contributed by atoms with Crippen LogP contribution in [0.1, 0.15) is 86.3 Å². The van der Waals surface area contributed by atoms with Gasteiger partial charge in [0.2, 0.25) is 11.8 Å². The molecule has 4 aromatic rings. The van der Waals surface area contributed by atoms with Gasteiger partial charge in [-0.25, -0.2) is 22.5 Å². The summed E-state index contributed by atoms with van der Waals surface area (Å²) in [7, 11) is -15.4. The van der Waals surface area contributed by atoms with Crippen LogP contribution >= 0.6 is 23.2 Å². The number of rotatable bonds is 27. The molecule has 0 radical (unpaired) electrons. The van der Waals surface area contributed by atoms with Crippen molar-refractivity contribution in [3.63, 3.8) is 0 Å². The Morgan fingerprint density at radius 2 is 1.36 bits per heavy atom. The van der Waals surface area contributed by atoms with Crippen molar-refractivity contribution >= 4 is 35.1 Å². The zero-order valence-corrected chi connectivity index (χ0v) is 39.6. The molecule has 8 N–H and O–H groups in total. The summed E-state index contributed by atoms with van der Waals surface area (Å²) in [5.41, 5.74) is 1.44. The van der Waals surface area contributed by atoms with Crippen LogP contribution in [0.25, 0.3) is 0 Å². The fraction of sp³-hybridized carbons (Fsp3) is 0.409. The Hall–Kier alpha value is -4.65. The van der Waals surface area contributed by atoms with E-state index in [1.165, 1.54) is 18.5 Å². The van der Waals surface area contributed by atoms with Gasteiger partial charge < -0.3 is 35.2 Å². The standard InChI is InChI=1S/C44H58N5O15P3/c1-65(55,63-66(56,57)58)64-67(59,60)61-32-38-37(50)30-41(62-38)49-31-33(42(53)48-43(49)54)18-17-28-46-40(52)25-13-5-15-27-45-39(51)26-14-6-16-29-47-44(34-19-7-2-8-20-34,35-21-9-3-10-22-35)36-23-11-4-12-24-36/h2-4,7-12,17,19-24,28,31,37-38,41,47,50H,5-6,13-16,18,25-27,29-30,32H2,1H3,(H,45,51)(H,46,52)(H,59,60)(H,48,53,54)(H2,56,57,58)/b28-17+/t37-,38+,41+,65?/m0/s1. The fourth-order valence-electron chi connectivity index (χ4n) is 7.56. The fourth-order valence-corrected chi connectivity index (χ4v) is 11.5. The van der Waals surface area contributed by atoms with Crippen LogP contribution < -0.4 is 27.2 Å². The van der Waals surface area contributed by atoms with Crippen LogP contribution in [0.5, 0.6) is 0 Å². The molecule has 20 nitrogen and oxygen atoms in total. The number of amides is 2. The molecule has 2 amide bonds. The molecule has 0 saturated carbocycles. The van der Waals surface area contributed by atoms with Gasteiger partial charge in [0.05, 0.1) is 18.2 Å². The molecule has 0 bridgehead atoms. The molecule has 2 unspecified atom stereocenters. The lowest BCUT2D eigenvalue weighted by Gasteiger charge is -2.37. The van der Waals surface area contributed by atoms with Crippen LogP contribution in [0.2, 0.25) is 0 Å². The third kappa shape index (κ3) is 16.8. The van der Waals surface area contributed by atoms with Crippen molar-refractivity contribution in [3.8, 4) is 0 Å². The van der Waals surface area contributed by atoms with Crippen molar-refractivity contribution in [1.29, 1.82) is 0 Å². The Morgan fingerprint density at radius 1 is 0.806 bits per heavy atom. The highest BCUT2D eigenvalue weighted by Crippen LogP contribution is 2.66. The Kier molecular flexibility index (Phi) is 20.0. The van der Waals surface area contributed by atoms with Gasteiger partial charge in [-0.3, -0.25) is 38.3 Å². The van der Waals surface area contributed by atoms with Crippen LogP contribution in [0.15, 0.2) is 119 Å². The van der Waals surface area contributed by atoms with E-state index in [1.54, 1.807) is 0 Å². The molecule has 23 heteroatoms. The molecule has 67 heavy (non-hydrogen) atoms. The van der Waals surface area contributed by atoms with Crippen LogP contribution in [0.3, 0.4) is 0 Å². The second-order valence-electron chi connectivity index (χ2n) is 15.9. The van der Waals surface area contributed by atoms with E-state index in [1.807, 2.05) is 18.2 Å². The lowest BCUT2D eigenvalue weighted by Crippen LogP contribution is -2.45. The number of aliphatic hydroxyl groups is 1. The zero-order valence-electron chi connectivity index (χ0n) is 36.9. The molecule has 5 rings (SSSR count). The molecular weight excluding hydrogens is 931 g/mol. The van der Waals surface area contributed by atoms with Gasteiger partial charge in [-0.15, -0.1) is 0 Å². The van der Waals surface area contributed by atoms with E-state index in [-0.39, 0.29) is 36.6 Å². The molecule has 1 saturated heterocycles. The first-order chi connectivity index (χ1) is 31.9. The number of unbranched alkanes of at least 4 members (excludes halogenated alkanes) is 4. The Balaban J connectivity index is 0.959. The summed E-state index contributed by atoms with van der Waals surface area (Å²) in [4.78, 5) is 79.7. The van der Waals surface area contributed by atoms with Crippen molar-refractivity contribution in [2.24, 2.45) is 0 Å². The number of hydrogen-bond acceptors (Lipinski definition) is 13. The zero-order chi connectivity index (χ0) is 48.5. The second-order valence-corrected chi connectivity index (χ2v) is 20.9. The van der Waals surface area contributed by atoms with E-state index in [2.05, 4.69) is 107 Å². The molecule has 0 aliphatic carbocycles. The average Bonchev–Trinajstić information content (AvgIpc) is 3.65. The molecule has 0 spiro atoms. The lowest BCUT2D eigenvalue weighted by molar-refractivity contribution is -0.121. The van der Waals surface area contributed by atoms with E-state index >= 15 is 0 Å². The summed E-state index contributed by atoms with van der Waals surface area (Å²) in [5, 5.41) is 19.9. The first-order valence-electron chi connectivity index (χ1n) is 21.7. The molecule has 364 valence electrons. The summed E-state index contributed by atoms with van der Waals surface area (Å²) < 4.78 is 54.6. The van der Waals surface area contributed by atoms with Gasteiger partial charge in [-0.2, -0.15) is 0 Å². The van der Waals surface area contributed by atoms with Gasteiger partial charge >= 0.3 is 28.9 Å². The quantitative estimate of drug-likeness (QED) is 0.0215. The normalized spacial score (nSPS) is 18.3. The number of phosphoric acid groups is 2. The van der Waals surface area contributed by atoms with Crippen LogP contribution in [0.4, 0.5) is 0 Å². The molecule has 1 fully saturated rings. The van der Waals surface area contributed by atoms with E-state index < -0.39 is 65.1 Å². The lowest BCUT2D eigenvalue weighted by atomic mass is 9.77. The first-order valence-corrected chi connectivity index (χ1v) is 26.7. The van der Waals surface area contributed by atoms with Gasteiger partial charge in [0.15, 0.2) is 0 Å². The monoisotopic (exact) mass is 989 g/mol. The van der Waals surface area contributed by atoms with E-state index in [0.29, 0.717) is 32.5 Å². The number of H-pyrrole nitrogens is 1. The molecule has 5 atom stereocenters. The van der Waals surface area contributed by atoms with Gasteiger partial charge in [0, 0.05) is 50.4 Å². The third-order valence-electron chi connectivity index (χ3n) is 10.7. The van der Waals surface area contributed by atoms with Gasteiger partial charge in [0.1, 0.15) is 12.3 Å². The highest BCUT2D eigenvalue weighted by molar-refractivity contribution is 7.69. The van der Waals surface area contributed by atoms with Crippen LogP contribution in [0, 0.1) is 0 Å². The number of hydrogen-bond donors (Lipinski definition) is 8. The largest absolute Gasteiger partial charge is 0.479 e. The summed E-state index contributed by atoms with van der Waals surface area (Å²) in [5.74, 6) is -0.257. The Labute approximate surface area is 387 Å². The maximum atomic E-state index is 12.6. The summed E-state index contributed by atoms with van der Waals surface area (Å²) in [6, 6.07) is 31.3. The second kappa shape index (κ2) is 25.1. The van der Waals surface area contributed by atoms with Crippen molar-refractivity contribution in [2.75, 3.05) is 26.4 Å². The predicted octanol–water partition coefficient (Wildman–Crippen LogP) is 5.24. The molecule has 1 aliphatic rings. The summed E-state index contributed by atoms with van der Waals surface area (Å²) >= 11 is 0. The summed E-state index contributed by atoms with van der Waals surface area (Å²) in [6.07, 6.45) is 5.23. The number of benzene rings is 3. The smallest absolute Gasteiger partial charge is 0.390 e. The predicted molar refractivity (Wildman–Crippen MR) is 248 cm³/mol. The van der Waals surface area contributed by atoms with Crippen molar-refractivity contribution in [1.82, 2.24) is 25.5 Å². The number of aromatic amines is 1. The van der Waals surface area contributed by atoms with E-state index in [9.17, 15) is 42.9 Å². The minimum absolute atomic E-state index is 0.00461. The van der Waals surface area contributed by atoms with E-state index in [0.717, 1.165) is 53.5 Å². The Bertz CT molecular complexity index is 2430. The van der Waals surface area contributed by atoms with Crippen LogP contribution in [-0.2, 0) is 53.1 Å². The first kappa shape index (κ1) is 53.3. The average molecular weight is 990 g/mol. The maximum absolute atomic E-state index is 12.6. The number of carbonyl (C=O) groups excluding carboxylic acids is 2. The topological polar surface area (TPSA) is 294 Å². The number of ether oxygens (including phenoxy) is 1. The molecule has 2 heterocycles.